The maximum absolute atomic E-state index is 6.03. The van der Waals surface area contributed by atoms with Crippen LogP contribution in [0.15, 0.2) is 22.8 Å². The summed E-state index contributed by atoms with van der Waals surface area (Å²) >= 11 is 0. The Labute approximate surface area is 132 Å². The van der Waals surface area contributed by atoms with Crippen LogP contribution in [0.3, 0.4) is 0 Å². The first-order valence-electron chi connectivity index (χ1n) is 8.75. The molecule has 122 valence electrons. The van der Waals surface area contributed by atoms with Crippen LogP contribution in [0.2, 0.25) is 0 Å². The van der Waals surface area contributed by atoms with Gasteiger partial charge in [-0.05, 0) is 68.7 Å². The lowest BCUT2D eigenvalue weighted by Crippen LogP contribution is -2.40. The van der Waals surface area contributed by atoms with Crippen LogP contribution in [0.25, 0.3) is 0 Å². The average molecular weight is 305 g/mol. The van der Waals surface area contributed by atoms with Gasteiger partial charge in [-0.15, -0.1) is 0 Å². The second-order valence-electron chi connectivity index (χ2n) is 7.47. The molecule has 22 heavy (non-hydrogen) atoms. The topological polar surface area (TPSA) is 34.8 Å². The summed E-state index contributed by atoms with van der Waals surface area (Å²) in [5, 5.41) is 0. The van der Waals surface area contributed by atoms with Gasteiger partial charge in [0.2, 0.25) is 0 Å². The first-order valence-corrected chi connectivity index (χ1v) is 8.75. The van der Waals surface area contributed by atoms with Crippen molar-refractivity contribution < 1.29 is 13.9 Å². The molecule has 4 rings (SSSR count). The van der Waals surface area contributed by atoms with Crippen molar-refractivity contribution in [2.45, 2.75) is 44.8 Å². The highest BCUT2D eigenvalue weighted by Crippen LogP contribution is 2.42. The maximum Gasteiger partial charge on any atom is 0.117 e. The summed E-state index contributed by atoms with van der Waals surface area (Å²) in [6, 6.07) is 4.04. The summed E-state index contributed by atoms with van der Waals surface area (Å²) in [6.07, 6.45) is 8.49. The van der Waals surface area contributed by atoms with Gasteiger partial charge in [-0.3, -0.25) is 4.90 Å². The highest BCUT2D eigenvalue weighted by molar-refractivity contribution is 4.99. The molecule has 1 atom stereocenters. The molecule has 0 aromatic carbocycles. The van der Waals surface area contributed by atoms with Gasteiger partial charge in [-0.2, -0.15) is 0 Å². The normalized spacial score (nSPS) is 28.5. The zero-order chi connectivity index (χ0) is 14.8. The van der Waals surface area contributed by atoms with Gasteiger partial charge in [0.15, 0.2) is 0 Å². The van der Waals surface area contributed by atoms with E-state index in [1.165, 1.54) is 32.1 Å². The van der Waals surface area contributed by atoms with Crippen molar-refractivity contribution in [3.8, 4) is 0 Å². The number of ether oxygens (including phenoxy) is 2. The number of hydrogen-bond acceptors (Lipinski definition) is 4. The van der Waals surface area contributed by atoms with E-state index < -0.39 is 0 Å². The van der Waals surface area contributed by atoms with Crippen LogP contribution in [-0.2, 0) is 16.0 Å². The molecule has 1 spiro atoms. The number of rotatable bonds is 6. The Morgan fingerprint density at radius 3 is 2.82 bits per heavy atom. The van der Waals surface area contributed by atoms with Crippen molar-refractivity contribution in [2.24, 2.45) is 11.3 Å². The predicted octanol–water partition coefficient (Wildman–Crippen LogP) is 3.08. The molecular weight excluding hydrogens is 278 g/mol. The Morgan fingerprint density at radius 2 is 2.09 bits per heavy atom. The fourth-order valence-electron chi connectivity index (χ4n) is 3.81. The fourth-order valence-corrected chi connectivity index (χ4v) is 3.81. The van der Waals surface area contributed by atoms with Gasteiger partial charge in [-0.1, -0.05) is 0 Å². The van der Waals surface area contributed by atoms with Gasteiger partial charge in [0.05, 0.1) is 32.1 Å². The van der Waals surface area contributed by atoms with Crippen molar-refractivity contribution in [3.05, 3.63) is 24.2 Å². The number of piperidine rings is 1. The van der Waals surface area contributed by atoms with Crippen molar-refractivity contribution in [1.82, 2.24) is 4.90 Å². The van der Waals surface area contributed by atoms with Crippen molar-refractivity contribution in [3.63, 3.8) is 0 Å². The Kier molecular flexibility index (Phi) is 4.25. The Hall–Kier alpha value is -0.840. The summed E-state index contributed by atoms with van der Waals surface area (Å²) in [7, 11) is 0. The van der Waals surface area contributed by atoms with Crippen LogP contribution < -0.4 is 0 Å². The second kappa shape index (κ2) is 6.34. The third-order valence-electron chi connectivity index (χ3n) is 5.52. The zero-order valence-electron chi connectivity index (χ0n) is 13.3. The third kappa shape index (κ3) is 3.55. The predicted molar refractivity (Wildman–Crippen MR) is 83.6 cm³/mol. The van der Waals surface area contributed by atoms with E-state index in [-0.39, 0.29) is 0 Å². The molecule has 1 aromatic rings. The minimum Gasteiger partial charge on any atom is -0.468 e. The molecule has 1 saturated carbocycles. The van der Waals surface area contributed by atoms with Crippen LogP contribution >= 0.6 is 0 Å². The molecule has 0 bridgehead atoms. The van der Waals surface area contributed by atoms with Gasteiger partial charge in [0.25, 0.3) is 0 Å². The molecule has 2 saturated heterocycles. The number of likely N-dealkylation sites (tertiary alicyclic amines) is 1. The number of nitrogens with zero attached hydrogens (tertiary/aromatic N) is 1. The lowest BCUT2D eigenvalue weighted by atomic mass is 9.76. The molecule has 3 heterocycles. The van der Waals surface area contributed by atoms with Gasteiger partial charge >= 0.3 is 0 Å². The monoisotopic (exact) mass is 305 g/mol. The smallest absolute Gasteiger partial charge is 0.117 e. The molecule has 1 aliphatic carbocycles. The standard InChI is InChI=1S/C18H27NO3/c1-2-16(21-9-1)11-19-7-5-18(6-8-19)10-17(22-14-18)13-20-12-15-3-4-15/h1-2,9,15,17H,3-8,10-14H2. The van der Waals surface area contributed by atoms with Gasteiger partial charge < -0.3 is 13.9 Å². The molecule has 1 unspecified atom stereocenters. The van der Waals surface area contributed by atoms with E-state index in [4.69, 9.17) is 13.9 Å². The highest BCUT2D eigenvalue weighted by Gasteiger charge is 2.42. The Bertz CT molecular complexity index is 461. The largest absolute Gasteiger partial charge is 0.468 e. The van der Waals surface area contributed by atoms with E-state index >= 15 is 0 Å². The van der Waals surface area contributed by atoms with E-state index in [9.17, 15) is 0 Å². The Morgan fingerprint density at radius 1 is 1.23 bits per heavy atom. The lowest BCUT2D eigenvalue weighted by Gasteiger charge is -2.38. The molecule has 2 aliphatic heterocycles. The summed E-state index contributed by atoms with van der Waals surface area (Å²) in [5.41, 5.74) is 0.410. The average Bonchev–Trinajstić information content (AvgIpc) is 3.05. The van der Waals surface area contributed by atoms with Crippen LogP contribution in [0, 0.1) is 11.3 Å². The maximum atomic E-state index is 6.03. The molecule has 0 radical (unpaired) electrons. The summed E-state index contributed by atoms with van der Waals surface area (Å²) < 4.78 is 17.3. The second-order valence-corrected chi connectivity index (χ2v) is 7.47. The first kappa shape index (κ1) is 14.7. The quantitative estimate of drug-likeness (QED) is 0.809. The molecular formula is C18H27NO3. The third-order valence-corrected chi connectivity index (χ3v) is 5.52. The lowest BCUT2D eigenvalue weighted by molar-refractivity contribution is 0.00905. The summed E-state index contributed by atoms with van der Waals surface area (Å²) in [6.45, 7) is 5.93. The van der Waals surface area contributed by atoms with Gasteiger partial charge in [-0.25, -0.2) is 0 Å². The summed E-state index contributed by atoms with van der Waals surface area (Å²) in [5.74, 6) is 1.92. The molecule has 0 N–H and O–H groups in total. The van der Waals surface area contributed by atoms with Crippen molar-refractivity contribution in [1.29, 1.82) is 0 Å². The van der Waals surface area contributed by atoms with Crippen LogP contribution in [0.5, 0.6) is 0 Å². The van der Waals surface area contributed by atoms with Crippen LogP contribution in [-0.4, -0.2) is 43.9 Å². The molecule has 4 nitrogen and oxygen atoms in total. The molecule has 3 fully saturated rings. The van der Waals surface area contributed by atoms with Crippen LogP contribution in [0.4, 0.5) is 0 Å². The summed E-state index contributed by atoms with van der Waals surface area (Å²) in [4.78, 5) is 2.50. The van der Waals surface area contributed by atoms with Crippen molar-refractivity contribution >= 4 is 0 Å². The number of furan rings is 1. The minimum atomic E-state index is 0.329. The van der Waals surface area contributed by atoms with Crippen LogP contribution in [0.1, 0.15) is 37.9 Å². The minimum absolute atomic E-state index is 0.329. The van der Waals surface area contributed by atoms with E-state index in [2.05, 4.69) is 11.0 Å². The fraction of sp³-hybridized carbons (Fsp3) is 0.778. The van der Waals surface area contributed by atoms with E-state index in [0.29, 0.717) is 11.5 Å². The van der Waals surface area contributed by atoms with E-state index in [1.54, 1.807) is 6.26 Å². The van der Waals surface area contributed by atoms with E-state index in [0.717, 1.165) is 51.1 Å². The number of hydrogen-bond donors (Lipinski definition) is 0. The highest BCUT2D eigenvalue weighted by atomic mass is 16.5. The molecule has 4 heteroatoms. The molecule has 1 aromatic heterocycles. The van der Waals surface area contributed by atoms with Crippen molar-refractivity contribution in [2.75, 3.05) is 32.9 Å². The van der Waals surface area contributed by atoms with Gasteiger partial charge in [0.1, 0.15) is 5.76 Å². The first-order chi connectivity index (χ1) is 10.8. The zero-order valence-corrected chi connectivity index (χ0v) is 13.3. The Balaban J connectivity index is 1.20. The van der Waals surface area contributed by atoms with E-state index in [1.807, 2.05) is 6.07 Å². The molecule has 0 amide bonds. The van der Waals surface area contributed by atoms with Gasteiger partial charge in [0, 0.05) is 6.61 Å². The molecule has 3 aliphatic rings. The SMILES string of the molecule is c1coc(CN2CCC3(CC2)COC(COCC2CC2)C3)c1.